The number of amides is 2. The monoisotopic (exact) mass is 565 g/mol. The largest absolute Gasteiger partial charge is 0.497 e. The smallest absolute Gasteiger partial charge is 0.264 e. The van der Waals surface area contributed by atoms with Crippen LogP contribution in [0.25, 0.3) is 0 Å². The van der Waals surface area contributed by atoms with Crippen LogP contribution in [0.5, 0.6) is 5.75 Å². The summed E-state index contributed by atoms with van der Waals surface area (Å²) in [5.74, 6) is -0.105. The lowest BCUT2D eigenvalue weighted by atomic mass is 10.1. The summed E-state index contributed by atoms with van der Waals surface area (Å²) >= 11 is 0. The summed E-state index contributed by atoms with van der Waals surface area (Å²) in [4.78, 5) is 28.9. The van der Waals surface area contributed by atoms with Crippen molar-refractivity contribution in [1.29, 1.82) is 0 Å². The van der Waals surface area contributed by atoms with E-state index in [0.29, 0.717) is 23.4 Å². The van der Waals surface area contributed by atoms with Crippen molar-refractivity contribution >= 4 is 27.5 Å². The second-order valence-corrected chi connectivity index (χ2v) is 11.9. The van der Waals surface area contributed by atoms with Crippen LogP contribution in [0.15, 0.2) is 77.7 Å². The van der Waals surface area contributed by atoms with E-state index >= 15 is 0 Å². The minimum Gasteiger partial charge on any atom is -0.497 e. The number of nitrogens with zero attached hydrogens (tertiary/aromatic N) is 2. The first-order chi connectivity index (χ1) is 19.0. The first kappa shape index (κ1) is 30.7. The second-order valence-electron chi connectivity index (χ2n) is 10.1. The molecule has 0 aliphatic rings. The second kappa shape index (κ2) is 13.5. The van der Waals surface area contributed by atoms with Gasteiger partial charge in [0.05, 0.1) is 17.7 Å². The number of benzene rings is 3. The maximum Gasteiger partial charge on any atom is 0.264 e. The minimum atomic E-state index is -4.11. The third kappa shape index (κ3) is 7.41. The third-order valence-electron chi connectivity index (χ3n) is 6.57. The molecule has 1 unspecified atom stereocenters. The van der Waals surface area contributed by atoms with Crippen molar-refractivity contribution in [2.45, 2.75) is 64.6 Å². The number of hydrogen-bond donors (Lipinski definition) is 1. The molecule has 0 aliphatic heterocycles. The molecule has 1 atom stereocenters. The average Bonchev–Trinajstić information content (AvgIpc) is 2.93. The molecule has 0 heterocycles. The molecule has 2 amide bonds. The van der Waals surface area contributed by atoms with Crippen molar-refractivity contribution in [1.82, 2.24) is 10.2 Å². The number of methoxy groups -OCH3 is 1. The fourth-order valence-electron chi connectivity index (χ4n) is 4.45. The highest BCUT2D eigenvalue weighted by Gasteiger charge is 2.34. The van der Waals surface area contributed by atoms with Gasteiger partial charge in [-0.25, -0.2) is 8.42 Å². The van der Waals surface area contributed by atoms with Crippen LogP contribution in [0.1, 0.15) is 43.9 Å². The zero-order valence-electron chi connectivity index (χ0n) is 24.0. The average molecular weight is 566 g/mol. The molecule has 0 spiro atoms. The molecule has 8 nitrogen and oxygen atoms in total. The van der Waals surface area contributed by atoms with E-state index in [1.54, 1.807) is 43.5 Å². The highest BCUT2D eigenvalue weighted by molar-refractivity contribution is 7.92. The Morgan fingerprint density at radius 2 is 1.60 bits per heavy atom. The van der Waals surface area contributed by atoms with Crippen molar-refractivity contribution in [3.05, 3.63) is 89.5 Å². The van der Waals surface area contributed by atoms with Gasteiger partial charge in [0.1, 0.15) is 18.3 Å². The molecule has 0 bridgehead atoms. The molecular formula is C31H39N3O5S. The summed E-state index contributed by atoms with van der Waals surface area (Å²) < 4.78 is 34.3. The van der Waals surface area contributed by atoms with Crippen LogP contribution in [0, 0.1) is 13.8 Å². The van der Waals surface area contributed by atoms with Gasteiger partial charge in [-0.05, 0) is 81.1 Å². The Morgan fingerprint density at radius 3 is 2.17 bits per heavy atom. The van der Waals surface area contributed by atoms with Gasteiger partial charge in [0.2, 0.25) is 11.8 Å². The quantitative estimate of drug-likeness (QED) is 0.339. The highest BCUT2D eigenvalue weighted by Crippen LogP contribution is 2.28. The Kier molecular flexibility index (Phi) is 10.3. The number of carbonyl (C=O) groups excluding carboxylic acids is 2. The lowest BCUT2D eigenvalue weighted by Gasteiger charge is -2.34. The Morgan fingerprint density at radius 1 is 0.950 bits per heavy atom. The van der Waals surface area contributed by atoms with Crippen LogP contribution < -0.4 is 14.4 Å². The number of rotatable bonds is 12. The van der Waals surface area contributed by atoms with Crippen LogP contribution in [-0.4, -0.2) is 50.9 Å². The normalized spacial score (nSPS) is 12.1. The van der Waals surface area contributed by atoms with Crippen LogP contribution in [0.3, 0.4) is 0 Å². The molecule has 3 aromatic rings. The molecular weight excluding hydrogens is 526 g/mol. The lowest BCUT2D eigenvalue weighted by molar-refractivity contribution is -0.140. The Bertz CT molecular complexity index is 1410. The standard InChI is InChI=1S/C31H39N3O5S/c1-7-28(31(36)32-22(2)3)33(20-25-15-17-26(39-6)18-16-25)30(35)21-34(29-19-23(4)13-14-24(29)5)40(37,38)27-11-9-8-10-12-27/h8-19,22,28H,7,20-21H2,1-6H3,(H,32,36). The van der Waals surface area contributed by atoms with Gasteiger partial charge < -0.3 is 15.0 Å². The van der Waals surface area contributed by atoms with Gasteiger partial charge >= 0.3 is 0 Å². The number of hydrogen-bond acceptors (Lipinski definition) is 5. The number of sulfonamides is 1. The summed E-state index contributed by atoms with van der Waals surface area (Å²) in [6, 6.07) is 19.9. The maximum atomic E-state index is 14.1. The van der Waals surface area contributed by atoms with E-state index in [4.69, 9.17) is 4.74 Å². The van der Waals surface area contributed by atoms with Crippen LogP contribution in [-0.2, 0) is 26.2 Å². The van der Waals surface area contributed by atoms with Gasteiger partial charge in [-0.3, -0.25) is 13.9 Å². The number of nitrogens with one attached hydrogen (secondary N) is 1. The van der Waals surface area contributed by atoms with Gasteiger partial charge in [0, 0.05) is 12.6 Å². The van der Waals surface area contributed by atoms with Crippen LogP contribution >= 0.6 is 0 Å². The van der Waals surface area contributed by atoms with Crippen molar-refractivity contribution in [2.75, 3.05) is 18.0 Å². The van der Waals surface area contributed by atoms with Crippen molar-refractivity contribution in [2.24, 2.45) is 0 Å². The van der Waals surface area contributed by atoms with Crippen molar-refractivity contribution < 1.29 is 22.7 Å². The molecule has 1 N–H and O–H groups in total. The number of anilines is 1. The summed E-state index contributed by atoms with van der Waals surface area (Å²) in [7, 11) is -2.53. The molecule has 0 aliphatic carbocycles. The first-order valence-corrected chi connectivity index (χ1v) is 14.8. The van der Waals surface area contributed by atoms with E-state index in [-0.39, 0.29) is 23.4 Å². The van der Waals surface area contributed by atoms with E-state index in [0.717, 1.165) is 15.4 Å². The van der Waals surface area contributed by atoms with Crippen molar-refractivity contribution in [3.8, 4) is 5.75 Å². The molecule has 214 valence electrons. The topological polar surface area (TPSA) is 96.0 Å². The summed E-state index contributed by atoms with van der Waals surface area (Å²) in [5, 5.41) is 2.91. The Balaban J connectivity index is 2.09. The summed E-state index contributed by atoms with van der Waals surface area (Å²) in [5.41, 5.74) is 2.78. The Labute approximate surface area is 238 Å². The van der Waals surface area contributed by atoms with Gasteiger partial charge in [-0.1, -0.05) is 49.4 Å². The molecule has 0 saturated carbocycles. The Hall–Kier alpha value is -3.85. The summed E-state index contributed by atoms with van der Waals surface area (Å²) in [6.07, 6.45) is 0.357. The van der Waals surface area contributed by atoms with Gasteiger partial charge in [-0.2, -0.15) is 0 Å². The zero-order valence-corrected chi connectivity index (χ0v) is 24.9. The zero-order chi connectivity index (χ0) is 29.4. The number of carbonyl (C=O) groups is 2. The highest BCUT2D eigenvalue weighted by atomic mass is 32.2. The number of ether oxygens (including phenoxy) is 1. The molecule has 3 aromatic carbocycles. The molecule has 0 radical (unpaired) electrons. The minimum absolute atomic E-state index is 0.0787. The maximum absolute atomic E-state index is 14.1. The van der Waals surface area contributed by atoms with Crippen LogP contribution in [0.2, 0.25) is 0 Å². The molecule has 0 aromatic heterocycles. The molecule has 0 saturated heterocycles. The number of aryl methyl sites for hydroxylation is 2. The van der Waals surface area contributed by atoms with Crippen molar-refractivity contribution in [3.63, 3.8) is 0 Å². The van der Waals surface area contributed by atoms with E-state index in [2.05, 4.69) is 5.32 Å². The molecule has 0 fully saturated rings. The van der Waals surface area contributed by atoms with Gasteiger partial charge in [-0.15, -0.1) is 0 Å². The first-order valence-electron chi connectivity index (χ1n) is 13.4. The van der Waals surface area contributed by atoms with E-state index in [1.165, 1.54) is 17.0 Å². The molecule has 3 rings (SSSR count). The summed E-state index contributed by atoms with van der Waals surface area (Å²) in [6.45, 7) is 8.89. The van der Waals surface area contributed by atoms with Gasteiger partial charge in [0.25, 0.3) is 10.0 Å². The lowest BCUT2D eigenvalue weighted by Crippen LogP contribution is -2.53. The fourth-order valence-corrected chi connectivity index (χ4v) is 5.94. The predicted octanol–water partition coefficient (Wildman–Crippen LogP) is 4.84. The molecule has 40 heavy (non-hydrogen) atoms. The van der Waals surface area contributed by atoms with E-state index in [1.807, 2.05) is 58.9 Å². The van der Waals surface area contributed by atoms with Gasteiger partial charge in [0.15, 0.2) is 0 Å². The van der Waals surface area contributed by atoms with E-state index in [9.17, 15) is 18.0 Å². The fraction of sp³-hybridized carbons (Fsp3) is 0.355. The predicted molar refractivity (Wildman–Crippen MR) is 158 cm³/mol. The third-order valence-corrected chi connectivity index (χ3v) is 8.35. The van der Waals surface area contributed by atoms with E-state index < -0.39 is 28.5 Å². The molecule has 9 heteroatoms. The SMILES string of the molecule is CCC(C(=O)NC(C)C)N(Cc1ccc(OC)cc1)C(=O)CN(c1cc(C)ccc1C)S(=O)(=O)c1ccccc1. The van der Waals surface area contributed by atoms with Crippen LogP contribution in [0.4, 0.5) is 5.69 Å².